The summed E-state index contributed by atoms with van der Waals surface area (Å²) in [6, 6.07) is 8.53. The van der Waals surface area contributed by atoms with Crippen molar-refractivity contribution in [2.45, 2.75) is 11.8 Å². The molecule has 0 aliphatic carbocycles. The van der Waals surface area contributed by atoms with Crippen molar-refractivity contribution >= 4 is 43.0 Å². The van der Waals surface area contributed by atoms with E-state index < -0.39 is 10.0 Å². The van der Waals surface area contributed by atoms with Crippen LogP contribution in [0.5, 0.6) is 5.75 Å². The minimum atomic E-state index is -3.55. The van der Waals surface area contributed by atoms with Gasteiger partial charge in [0.25, 0.3) is 10.0 Å². The molecule has 20 heavy (non-hydrogen) atoms. The highest BCUT2D eigenvalue weighted by Gasteiger charge is 2.25. The fraction of sp³-hybridized carbons (Fsp3) is 0.231. The van der Waals surface area contributed by atoms with E-state index >= 15 is 0 Å². The van der Waals surface area contributed by atoms with Gasteiger partial charge in [-0.3, -0.25) is 4.31 Å². The van der Waals surface area contributed by atoms with Crippen molar-refractivity contribution in [3.63, 3.8) is 0 Å². The van der Waals surface area contributed by atoms with Crippen LogP contribution in [-0.4, -0.2) is 22.6 Å². The van der Waals surface area contributed by atoms with E-state index in [4.69, 9.17) is 4.74 Å². The first kappa shape index (κ1) is 15.3. The van der Waals surface area contributed by atoms with Crippen LogP contribution in [0.2, 0.25) is 0 Å². The lowest BCUT2D eigenvalue weighted by molar-refractivity contribution is 0.415. The highest BCUT2D eigenvalue weighted by molar-refractivity contribution is 9.11. The molecule has 1 aromatic carbocycles. The SMILES string of the molecule is COc1ccc(N(C)S(=O)(=O)c2cc(Br)sc2C)cc1. The molecule has 0 atom stereocenters. The molecule has 0 aliphatic rings. The zero-order valence-corrected chi connectivity index (χ0v) is 14.5. The first-order chi connectivity index (χ1) is 9.36. The van der Waals surface area contributed by atoms with Crippen molar-refractivity contribution in [1.29, 1.82) is 0 Å². The number of rotatable bonds is 4. The Morgan fingerprint density at radius 3 is 2.30 bits per heavy atom. The van der Waals surface area contributed by atoms with Crippen molar-refractivity contribution in [3.8, 4) is 5.75 Å². The first-order valence-electron chi connectivity index (χ1n) is 5.75. The van der Waals surface area contributed by atoms with Gasteiger partial charge in [-0.25, -0.2) is 8.42 Å². The van der Waals surface area contributed by atoms with E-state index in [0.29, 0.717) is 16.3 Å². The number of hydrogen-bond acceptors (Lipinski definition) is 4. The quantitative estimate of drug-likeness (QED) is 0.818. The van der Waals surface area contributed by atoms with Crippen molar-refractivity contribution in [3.05, 3.63) is 39.0 Å². The van der Waals surface area contributed by atoms with Gasteiger partial charge in [-0.1, -0.05) is 0 Å². The van der Waals surface area contributed by atoms with Crippen LogP contribution in [0.15, 0.2) is 39.0 Å². The van der Waals surface area contributed by atoms with E-state index in [0.717, 1.165) is 8.66 Å². The fourth-order valence-electron chi connectivity index (χ4n) is 1.77. The second-order valence-electron chi connectivity index (χ2n) is 4.14. The Bertz CT molecular complexity index is 708. The maximum Gasteiger partial charge on any atom is 0.265 e. The molecule has 1 aromatic heterocycles. The third-order valence-electron chi connectivity index (χ3n) is 2.92. The number of benzene rings is 1. The van der Waals surface area contributed by atoms with Crippen LogP contribution in [0.25, 0.3) is 0 Å². The van der Waals surface area contributed by atoms with Gasteiger partial charge >= 0.3 is 0 Å². The normalized spacial score (nSPS) is 11.4. The smallest absolute Gasteiger partial charge is 0.265 e. The summed E-state index contributed by atoms with van der Waals surface area (Å²) < 4.78 is 32.3. The number of methoxy groups -OCH3 is 1. The summed E-state index contributed by atoms with van der Waals surface area (Å²) in [4.78, 5) is 1.09. The van der Waals surface area contributed by atoms with E-state index in [2.05, 4.69) is 15.9 Å². The molecule has 1 heterocycles. The molecule has 0 fully saturated rings. The average molecular weight is 376 g/mol. The molecule has 2 aromatic rings. The van der Waals surface area contributed by atoms with Crippen molar-refractivity contribution < 1.29 is 13.2 Å². The summed E-state index contributed by atoms with van der Waals surface area (Å²) in [5.41, 5.74) is 0.590. The minimum absolute atomic E-state index is 0.327. The summed E-state index contributed by atoms with van der Waals surface area (Å²) in [6.07, 6.45) is 0. The molecule has 7 heteroatoms. The lowest BCUT2D eigenvalue weighted by Crippen LogP contribution is -2.26. The second-order valence-corrected chi connectivity index (χ2v) is 8.71. The standard InChI is InChI=1S/C13H14BrNO3S2/c1-9-12(8-13(14)19-9)20(16,17)15(2)10-4-6-11(18-3)7-5-10/h4-8H,1-3H3. The van der Waals surface area contributed by atoms with Crippen LogP contribution in [0.4, 0.5) is 5.69 Å². The Balaban J connectivity index is 2.40. The molecule has 4 nitrogen and oxygen atoms in total. The minimum Gasteiger partial charge on any atom is -0.497 e. The molecular formula is C13H14BrNO3S2. The predicted molar refractivity (Wildman–Crippen MR) is 85.3 cm³/mol. The molecule has 2 rings (SSSR count). The summed E-state index contributed by atoms with van der Waals surface area (Å²) >= 11 is 4.72. The van der Waals surface area contributed by atoms with Crippen molar-refractivity contribution in [2.75, 3.05) is 18.5 Å². The maximum absolute atomic E-state index is 12.6. The predicted octanol–water partition coefficient (Wildman–Crippen LogP) is 3.65. The lowest BCUT2D eigenvalue weighted by atomic mass is 10.3. The number of ether oxygens (including phenoxy) is 1. The molecule has 0 amide bonds. The number of aryl methyl sites for hydroxylation is 1. The van der Waals surface area contributed by atoms with Gasteiger partial charge in [0.2, 0.25) is 0 Å². The van der Waals surface area contributed by atoms with Crippen LogP contribution in [0, 0.1) is 6.92 Å². The topological polar surface area (TPSA) is 46.6 Å². The van der Waals surface area contributed by atoms with Gasteiger partial charge in [0.15, 0.2) is 0 Å². The number of sulfonamides is 1. The molecule has 0 saturated carbocycles. The third-order valence-corrected chi connectivity index (χ3v) is 6.51. The zero-order valence-electron chi connectivity index (χ0n) is 11.3. The molecule has 0 radical (unpaired) electrons. The second kappa shape index (κ2) is 5.75. The van der Waals surface area contributed by atoms with E-state index in [9.17, 15) is 8.42 Å². The maximum atomic E-state index is 12.6. The Morgan fingerprint density at radius 1 is 1.25 bits per heavy atom. The molecule has 0 spiro atoms. The van der Waals surface area contributed by atoms with Gasteiger partial charge in [0.1, 0.15) is 10.6 Å². The molecule has 0 saturated heterocycles. The monoisotopic (exact) mass is 375 g/mol. The van der Waals surface area contributed by atoms with Gasteiger partial charge < -0.3 is 4.74 Å². The zero-order chi connectivity index (χ0) is 14.9. The van der Waals surface area contributed by atoms with Crippen LogP contribution < -0.4 is 9.04 Å². The number of nitrogens with zero attached hydrogens (tertiary/aromatic N) is 1. The first-order valence-corrected chi connectivity index (χ1v) is 8.80. The number of thiophene rings is 1. The van der Waals surface area contributed by atoms with Gasteiger partial charge in [-0.15, -0.1) is 11.3 Å². The summed E-state index contributed by atoms with van der Waals surface area (Å²) in [6.45, 7) is 1.80. The van der Waals surface area contributed by atoms with Gasteiger partial charge in [-0.2, -0.15) is 0 Å². The number of hydrogen-bond donors (Lipinski definition) is 0. The Kier molecular flexibility index (Phi) is 4.41. The molecule has 0 bridgehead atoms. The highest BCUT2D eigenvalue weighted by Crippen LogP contribution is 2.33. The molecule has 0 aliphatic heterocycles. The largest absolute Gasteiger partial charge is 0.497 e. The van der Waals surface area contributed by atoms with Crippen LogP contribution in [0.3, 0.4) is 0 Å². The van der Waals surface area contributed by atoms with Crippen molar-refractivity contribution in [1.82, 2.24) is 0 Å². The van der Waals surface area contributed by atoms with E-state index in [1.165, 1.54) is 15.6 Å². The molecule has 0 unspecified atom stereocenters. The summed E-state index contributed by atoms with van der Waals surface area (Å²) in [7, 11) is -0.434. The Morgan fingerprint density at radius 2 is 1.85 bits per heavy atom. The van der Waals surface area contributed by atoms with E-state index in [-0.39, 0.29) is 0 Å². The van der Waals surface area contributed by atoms with Gasteiger partial charge in [0.05, 0.1) is 16.6 Å². The van der Waals surface area contributed by atoms with Crippen LogP contribution in [-0.2, 0) is 10.0 Å². The van der Waals surface area contributed by atoms with E-state index in [1.54, 1.807) is 51.4 Å². The summed E-state index contributed by atoms with van der Waals surface area (Å²) in [5, 5.41) is 0. The van der Waals surface area contributed by atoms with Gasteiger partial charge in [-0.05, 0) is 53.2 Å². The fourth-order valence-corrected chi connectivity index (χ4v) is 5.34. The number of halogens is 1. The van der Waals surface area contributed by atoms with Gasteiger partial charge in [0, 0.05) is 11.9 Å². The lowest BCUT2D eigenvalue weighted by Gasteiger charge is -2.19. The van der Waals surface area contributed by atoms with Crippen LogP contribution >= 0.6 is 27.3 Å². The Labute approximate surface area is 131 Å². The molecule has 108 valence electrons. The highest BCUT2D eigenvalue weighted by atomic mass is 79.9. The van der Waals surface area contributed by atoms with E-state index in [1.807, 2.05) is 0 Å². The number of anilines is 1. The Hall–Kier alpha value is -1.05. The molecular weight excluding hydrogens is 362 g/mol. The van der Waals surface area contributed by atoms with Crippen LogP contribution in [0.1, 0.15) is 4.88 Å². The average Bonchev–Trinajstić information content (AvgIpc) is 2.77. The molecule has 0 N–H and O–H groups in total. The van der Waals surface area contributed by atoms with Crippen molar-refractivity contribution in [2.24, 2.45) is 0 Å². The summed E-state index contributed by atoms with van der Waals surface area (Å²) in [5.74, 6) is 0.689. The third kappa shape index (κ3) is 2.84.